The second-order valence-corrected chi connectivity index (χ2v) is 8.02. The maximum absolute atomic E-state index is 13.8. The fourth-order valence-corrected chi connectivity index (χ4v) is 3.95. The Morgan fingerprint density at radius 2 is 1.76 bits per heavy atom. The molecule has 0 saturated heterocycles. The molecule has 25 heavy (non-hydrogen) atoms. The van der Waals surface area contributed by atoms with Crippen molar-refractivity contribution in [3.8, 4) is 5.75 Å². The highest BCUT2D eigenvalue weighted by Gasteiger charge is 2.55. The van der Waals surface area contributed by atoms with Gasteiger partial charge < -0.3 is 14.9 Å². The predicted molar refractivity (Wildman–Crippen MR) is 73.0 cm³/mol. The first kappa shape index (κ1) is 18.3. The lowest BCUT2D eigenvalue weighted by molar-refractivity contribution is -0.0979. The molecule has 1 aromatic carbocycles. The van der Waals surface area contributed by atoms with Crippen molar-refractivity contribution in [3.63, 3.8) is 0 Å². The molecule has 0 aliphatic heterocycles. The molecule has 0 heterocycles. The van der Waals surface area contributed by atoms with Gasteiger partial charge in [-0.25, -0.2) is 17.2 Å². The van der Waals surface area contributed by atoms with E-state index in [1.807, 2.05) is 0 Å². The summed E-state index contributed by atoms with van der Waals surface area (Å²) < 4.78 is 94.8. The van der Waals surface area contributed by atoms with E-state index in [9.17, 15) is 40.6 Å². The molecular formula is C14H13F5O5S. The van der Waals surface area contributed by atoms with Crippen LogP contribution in [0, 0.1) is 0 Å². The van der Waals surface area contributed by atoms with Crippen LogP contribution in [0.2, 0.25) is 0 Å². The van der Waals surface area contributed by atoms with Crippen LogP contribution in [0.15, 0.2) is 17.0 Å². The summed E-state index contributed by atoms with van der Waals surface area (Å²) in [5.74, 6) is -4.04. The van der Waals surface area contributed by atoms with Gasteiger partial charge in [0, 0.05) is 30.4 Å². The van der Waals surface area contributed by atoms with E-state index in [0.717, 1.165) is 6.07 Å². The Balaban J connectivity index is 2.11. The van der Waals surface area contributed by atoms with E-state index < -0.39 is 62.0 Å². The molecule has 11 heteroatoms. The summed E-state index contributed by atoms with van der Waals surface area (Å²) in [6, 6.07) is 1.38. The molecule has 0 aromatic heterocycles. The zero-order valence-corrected chi connectivity index (χ0v) is 13.2. The lowest BCUT2D eigenvalue weighted by Gasteiger charge is -2.32. The van der Waals surface area contributed by atoms with E-state index in [4.69, 9.17) is 4.74 Å². The average Bonchev–Trinajstić information content (AvgIpc) is 2.67. The van der Waals surface area contributed by atoms with E-state index in [2.05, 4.69) is 0 Å². The maximum Gasteiger partial charge on any atom is 0.501 e. The first-order chi connectivity index (χ1) is 11.3. The Hall–Kier alpha value is -1.46. The molecule has 1 unspecified atom stereocenters. The Bertz CT molecular complexity index is 799. The van der Waals surface area contributed by atoms with Gasteiger partial charge in [0.1, 0.15) is 18.0 Å². The monoisotopic (exact) mass is 388 g/mol. The van der Waals surface area contributed by atoms with E-state index in [1.165, 1.54) is 0 Å². The van der Waals surface area contributed by atoms with Crippen LogP contribution in [0.5, 0.6) is 5.75 Å². The Morgan fingerprint density at radius 1 is 1.16 bits per heavy atom. The van der Waals surface area contributed by atoms with Gasteiger partial charge in [0.15, 0.2) is 0 Å². The van der Waals surface area contributed by atoms with Crippen LogP contribution in [-0.2, 0) is 16.3 Å². The van der Waals surface area contributed by atoms with Crippen molar-refractivity contribution >= 4 is 9.84 Å². The summed E-state index contributed by atoms with van der Waals surface area (Å²) in [7, 11) is -5.92. The molecule has 1 aromatic rings. The Labute approximate surface area is 138 Å². The van der Waals surface area contributed by atoms with Gasteiger partial charge in [-0.05, 0) is 12.1 Å². The number of sulfone groups is 1. The number of benzene rings is 1. The van der Waals surface area contributed by atoms with Crippen molar-refractivity contribution in [3.05, 3.63) is 23.3 Å². The maximum atomic E-state index is 13.8. The largest absolute Gasteiger partial charge is 0.501 e. The molecule has 140 valence electrons. The third kappa shape index (κ3) is 2.87. The van der Waals surface area contributed by atoms with Gasteiger partial charge in [0.2, 0.25) is 0 Å². The van der Waals surface area contributed by atoms with Crippen molar-refractivity contribution in [2.75, 3.05) is 0 Å². The Morgan fingerprint density at radius 3 is 2.28 bits per heavy atom. The molecule has 0 amide bonds. The minimum absolute atomic E-state index is 0.218. The van der Waals surface area contributed by atoms with E-state index in [1.54, 1.807) is 0 Å². The Kier molecular flexibility index (Phi) is 4.05. The van der Waals surface area contributed by atoms with Crippen LogP contribution in [0.25, 0.3) is 0 Å². The number of aliphatic hydroxyl groups excluding tert-OH is 2. The van der Waals surface area contributed by atoms with Crippen molar-refractivity contribution < 1.29 is 45.3 Å². The summed E-state index contributed by atoms with van der Waals surface area (Å²) in [6.45, 7) is 0. The molecule has 1 atom stereocenters. The van der Waals surface area contributed by atoms with Crippen molar-refractivity contribution in [1.82, 2.24) is 0 Å². The highest BCUT2D eigenvalue weighted by Crippen LogP contribution is 2.50. The topological polar surface area (TPSA) is 83.8 Å². The SMILES string of the molecule is O=S(=O)(c1ccc(O[C@H]2C[C@H](O)C2)c2c1C(O)C(F)(F)C2)C(F)(F)F. The normalized spacial score (nSPS) is 28.4. The predicted octanol–water partition coefficient (Wildman–Crippen LogP) is 2.11. The van der Waals surface area contributed by atoms with Gasteiger partial charge in [-0.3, -0.25) is 0 Å². The van der Waals surface area contributed by atoms with Gasteiger partial charge in [-0.15, -0.1) is 0 Å². The summed E-state index contributed by atoms with van der Waals surface area (Å²) >= 11 is 0. The van der Waals surface area contributed by atoms with E-state index >= 15 is 0 Å². The molecule has 2 aliphatic carbocycles. The third-order valence-corrected chi connectivity index (χ3v) is 5.86. The quantitative estimate of drug-likeness (QED) is 0.775. The summed E-state index contributed by atoms with van der Waals surface area (Å²) in [6.07, 6.45) is -4.53. The number of aliphatic hydroxyl groups is 2. The molecule has 0 bridgehead atoms. The van der Waals surface area contributed by atoms with Crippen LogP contribution in [-0.4, -0.2) is 42.3 Å². The second-order valence-electron chi connectivity index (χ2n) is 6.11. The zero-order valence-electron chi connectivity index (χ0n) is 12.4. The number of hydrogen-bond acceptors (Lipinski definition) is 5. The van der Waals surface area contributed by atoms with E-state index in [0.29, 0.717) is 6.07 Å². The highest BCUT2D eigenvalue weighted by molar-refractivity contribution is 7.92. The van der Waals surface area contributed by atoms with Crippen molar-refractivity contribution in [1.29, 1.82) is 0 Å². The number of rotatable bonds is 3. The fraction of sp³-hybridized carbons (Fsp3) is 0.571. The summed E-state index contributed by atoms with van der Waals surface area (Å²) in [4.78, 5) is -1.40. The molecule has 0 spiro atoms. The second kappa shape index (κ2) is 5.52. The molecule has 3 rings (SSSR count). The molecule has 2 N–H and O–H groups in total. The van der Waals surface area contributed by atoms with Crippen LogP contribution >= 0.6 is 0 Å². The molecule has 2 aliphatic rings. The highest BCUT2D eigenvalue weighted by atomic mass is 32.2. The minimum atomic E-state index is -5.92. The molecule has 5 nitrogen and oxygen atoms in total. The van der Waals surface area contributed by atoms with Gasteiger partial charge in [0.05, 0.1) is 11.0 Å². The summed E-state index contributed by atoms with van der Waals surface area (Å²) in [5, 5.41) is 18.9. The molecular weight excluding hydrogens is 375 g/mol. The summed E-state index contributed by atoms with van der Waals surface area (Å²) in [5.41, 5.74) is -7.15. The molecule has 1 fully saturated rings. The van der Waals surface area contributed by atoms with Gasteiger partial charge in [-0.2, -0.15) is 13.2 Å². The zero-order chi connectivity index (χ0) is 18.8. The van der Waals surface area contributed by atoms with E-state index in [-0.39, 0.29) is 18.6 Å². The van der Waals surface area contributed by atoms with Crippen molar-refractivity contribution in [2.45, 2.75) is 53.9 Å². The number of alkyl halides is 5. The van der Waals surface area contributed by atoms with Crippen LogP contribution in [0.1, 0.15) is 30.1 Å². The standard InChI is InChI=1S/C14H13F5O5S/c15-13(16)5-8-9(24-7-3-6(20)4-7)1-2-10(11(8)12(13)21)25(22,23)14(17,18)19/h1-2,6-7,12,20-21H,3-5H2/t6-,7-,12?. The molecule has 1 saturated carbocycles. The molecule has 0 radical (unpaired) electrons. The smallest absolute Gasteiger partial charge is 0.490 e. The number of fused-ring (bicyclic) bond motifs is 1. The van der Waals surface area contributed by atoms with Crippen LogP contribution in [0.3, 0.4) is 0 Å². The fourth-order valence-electron chi connectivity index (χ4n) is 2.93. The number of ether oxygens (including phenoxy) is 1. The van der Waals surface area contributed by atoms with Crippen molar-refractivity contribution in [2.24, 2.45) is 0 Å². The minimum Gasteiger partial charge on any atom is -0.490 e. The first-order valence-corrected chi connectivity index (χ1v) is 8.70. The first-order valence-electron chi connectivity index (χ1n) is 7.22. The number of hydrogen-bond donors (Lipinski definition) is 2. The van der Waals surface area contributed by atoms with Crippen LogP contribution < -0.4 is 4.74 Å². The lowest BCUT2D eigenvalue weighted by Crippen LogP contribution is -2.37. The average molecular weight is 388 g/mol. The lowest BCUT2D eigenvalue weighted by atomic mass is 9.92. The van der Waals surface area contributed by atoms with Crippen LogP contribution in [0.4, 0.5) is 22.0 Å². The number of halogens is 5. The van der Waals surface area contributed by atoms with Gasteiger partial charge >= 0.3 is 5.51 Å². The van der Waals surface area contributed by atoms with Gasteiger partial charge in [-0.1, -0.05) is 0 Å². The van der Waals surface area contributed by atoms with Gasteiger partial charge in [0.25, 0.3) is 15.8 Å². The third-order valence-electron chi connectivity index (χ3n) is 4.32.